The van der Waals surface area contributed by atoms with Crippen molar-refractivity contribution in [2.75, 3.05) is 102 Å². The lowest BCUT2D eigenvalue weighted by Gasteiger charge is -2.43. The van der Waals surface area contributed by atoms with E-state index in [0.29, 0.717) is 44.1 Å². The standard InChI is InChI=1S/C69H104ClF3N12O13/c1-11-43(3)58-65(95)79(6)41-56(88)77(4)42-57(89)81(8)52(38-44-21-16-17-22-44)63(93)78(5)40-54(86)74-49(29-27-45-26-28-47(48(70)37-45)69(71,72)73)62(92)85-32-20-25-51(85)61(91)76-68(30-18-19-31-68)67(97)83(10)59(46-23-14-13-15-24-46)66(96)82(9)53(64(94)84-33-35-98-36-34-84)39-55(87)80(7)50(12-2)60(90)75-58/h26,28,37,43-44,46,49-53,58-59H,11-25,27,29-36,38-42H2,1-10H3,(H,74,86)(H,75,90)(H,76,91)/t43-,49-,50-,51?,52-,53-,58-,59-/m0/s1. The molecular formula is C69H104ClF3N12O13. The molecule has 98 heavy (non-hydrogen) atoms. The SMILES string of the molecule is CC[C@H](C)[C@@H]1NC(=O)[C@H](CC)N(C)C(=O)C[C@@H](C(=O)N2CCOCC2)N(C)C(=O)[C@H](C2CCCCC2)N(C)C(=O)C2(CCCC2)NC(=O)C2CCCN2C(=O)[C@H](CCc2ccc(C(F)(F)F)c(Cl)c2)NC(=O)CN(C)C(=O)[C@H](CC2CCCC2)N(C)C(=O)CN(C)C(=O)CN(C)C1=O. The number of alkyl halides is 3. The number of amides is 12. The highest BCUT2D eigenvalue weighted by Crippen LogP contribution is 2.38. The van der Waals surface area contributed by atoms with Crippen molar-refractivity contribution in [3.05, 3.63) is 34.3 Å². The zero-order valence-electron chi connectivity index (χ0n) is 58.9. The van der Waals surface area contributed by atoms with Gasteiger partial charge in [-0.1, -0.05) is 103 Å². The zero-order chi connectivity index (χ0) is 72.1. The van der Waals surface area contributed by atoms with Gasteiger partial charge in [-0.25, -0.2) is 0 Å². The number of hydrogen-bond donors (Lipinski definition) is 3. The molecule has 3 heterocycles. The number of nitrogens with one attached hydrogen (secondary N) is 3. The number of morpholine rings is 1. The maximum atomic E-state index is 15.7. The molecule has 6 aliphatic rings. The minimum absolute atomic E-state index is 0.0286. The van der Waals surface area contributed by atoms with Gasteiger partial charge in [0.05, 0.1) is 49.9 Å². The van der Waals surface area contributed by atoms with E-state index >= 15 is 19.2 Å². The van der Waals surface area contributed by atoms with Crippen molar-refractivity contribution in [1.82, 2.24) is 60.0 Å². The van der Waals surface area contributed by atoms with Crippen molar-refractivity contribution in [3.8, 4) is 0 Å². The molecule has 1 unspecified atom stereocenters. The Labute approximate surface area is 579 Å². The molecule has 3 N–H and O–H groups in total. The highest BCUT2D eigenvalue weighted by molar-refractivity contribution is 6.31. The maximum Gasteiger partial charge on any atom is 0.417 e. The first-order chi connectivity index (χ1) is 46.3. The van der Waals surface area contributed by atoms with Crippen LogP contribution in [-0.2, 0) is 74.9 Å². The van der Waals surface area contributed by atoms with E-state index in [9.17, 15) is 51.5 Å². The van der Waals surface area contributed by atoms with Crippen LogP contribution in [0.5, 0.6) is 0 Å². The van der Waals surface area contributed by atoms with Crippen LogP contribution >= 0.6 is 11.6 Å². The number of carbonyl (C=O) groups is 12. The zero-order valence-corrected chi connectivity index (χ0v) is 59.6. The number of ether oxygens (including phenoxy) is 1. The van der Waals surface area contributed by atoms with Crippen molar-refractivity contribution in [1.29, 1.82) is 0 Å². The van der Waals surface area contributed by atoms with Crippen molar-refractivity contribution in [2.24, 2.45) is 17.8 Å². The largest absolute Gasteiger partial charge is 0.417 e. The maximum absolute atomic E-state index is 15.7. The molecule has 1 aromatic rings. The van der Waals surface area contributed by atoms with Gasteiger partial charge in [0.2, 0.25) is 70.9 Å². The molecule has 1 aromatic carbocycles. The Kier molecular flexibility index (Phi) is 27.8. The van der Waals surface area contributed by atoms with Crippen molar-refractivity contribution in [3.63, 3.8) is 0 Å². The second-order valence-corrected chi connectivity index (χ2v) is 28.6. The number of benzene rings is 1. The van der Waals surface area contributed by atoms with E-state index in [1.54, 1.807) is 13.8 Å². The number of rotatable bonds is 10. The lowest BCUT2D eigenvalue weighted by atomic mass is 9.81. The van der Waals surface area contributed by atoms with Crippen LogP contribution in [0.4, 0.5) is 13.2 Å². The Bertz CT molecular complexity index is 3060. The van der Waals surface area contributed by atoms with Gasteiger partial charge in [-0.15, -0.1) is 0 Å². The molecule has 6 fully saturated rings. The monoisotopic (exact) mass is 1400 g/mol. The Balaban J connectivity index is 1.27. The first-order valence-electron chi connectivity index (χ1n) is 35.1. The van der Waals surface area contributed by atoms with E-state index in [1.807, 2.05) is 6.92 Å². The molecule has 0 aromatic heterocycles. The Morgan fingerprint density at radius 1 is 0.653 bits per heavy atom. The molecule has 3 saturated carbocycles. The summed E-state index contributed by atoms with van der Waals surface area (Å²) in [5, 5.41) is 8.08. The predicted molar refractivity (Wildman–Crippen MR) is 357 cm³/mol. The summed E-state index contributed by atoms with van der Waals surface area (Å²) in [7, 11) is 9.86. The molecule has 0 bridgehead atoms. The van der Waals surface area contributed by atoms with Crippen LogP contribution < -0.4 is 16.0 Å². The van der Waals surface area contributed by atoms with Gasteiger partial charge in [-0.3, -0.25) is 57.5 Å². The molecule has 3 saturated heterocycles. The lowest BCUT2D eigenvalue weighted by molar-refractivity contribution is -0.158. The van der Waals surface area contributed by atoms with E-state index in [1.165, 1.54) is 84.8 Å². The average Bonchev–Trinajstić information content (AvgIpc) is 1.45. The van der Waals surface area contributed by atoms with E-state index in [4.69, 9.17) is 16.3 Å². The molecule has 3 aliphatic carbocycles. The summed E-state index contributed by atoms with van der Waals surface area (Å²) in [6.45, 7) is 4.29. The number of carbonyl (C=O) groups excluding carboxylic acids is 12. The van der Waals surface area contributed by atoms with Gasteiger partial charge in [0.15, 0.2) is 0 Å². The van der Waals surface area contributed by atoms with Gasteiger partial charge in [0.1, 0.15) is 47.8 Å². The molecule has 7 rings (SSSR count). The third-order valence-corrected chi connectivity index (χ3v) is 21.8. The Morgan fingerprint density at radius 2 is 1.27 bits per heavy atom. The second-order valence-electron chi connectivity index (χ2n) is 28.2. The fraction of sp³-hybridized carbons (Fsp3) is 0.739. The number of aryl methyl sites for hydroxylation is 1. The van der Waals surface area contributed by atoms with Crippen molar-refractivity contribution < 1.29 is 75.4 Å². The number of nitrogens with zero attached hydrogens (tertiary/aromatic N) is 9. The normalized spacial score (nSPS) is 27.1. The highest BCUT2D eigenvalue weighted by atomic mass is 35.5. The molecule has 1 spiro atoms. The second kappa shape index (κ2) is 34.8. The topological polar surface area (TPSA) is 279 Å². The average molecular weight is 1400 g/mol. The van der Waals surface area contributed by atoms with Crippen LogP contribution in [-0.4, -0.2) is 265 Å². The van der Waals surface area contributed by atoms with E-state index in [-0.39, 0.29) is 83.7 Å². The lowest BCUT2D eigenvalue weighted by Crippen LogP contribution is -2.65. The Morgan fingerprint density at radius 3 is 1.88 bits per heavy atom. The molecule has 0 radical (unpaired) electrons. The first-order valence-corrected chi connectivity index (χ1v) is 35.5. The Hall–Kier alpha value is -7.10. The molecule has 3 aliphatic heterocycles. The number of fused-ring (bicyclic) bond motifs is 1. The number of likely N-dealkylation sites (N-methyl/N-ethyl adjacent to an activating group) is 7. The molecule has 12 amide bonds. The third kappa shape index (κ3) is 19.0. The van der Waals surface area contributed by atoms with Gasteiger partial charge >= 0.3 is 6.18 Å². The predicted octanol–water partition coefficient (Wildman–Crippen LogP) is 4.24. The third-order valence-electron chi connectivity index (χ3n) is 21.4. The minimum Gasteiger partial charge on any atom is -0.378 e. The van der Waals surface area contributed by atoms with Crippen LogP contribution in [0.1, 0.15) is 160 Å². The summed E-state index contributed by atoms with van der Waals surface area (Å²) in [5.41, 5.74) is -2.35. The van der Waals surface area contributed by atoms with Gasteiger partial charge in [0, 0.05) is 69.0 Å². The molecule has 8 atom stereocenters. The van der Waals surface area contributed by atoms with Crippen LogP contribution in [0.3, 0.4) is 0 Å². The van der Waals surface area contributed by atoms with Gasteiger partial charge in [0.25, 0.3) is 0 Å². The van der Waals surface area contributed by atoms with Crippen molar-refractivity contribution in [2.45, 2.75) is 210 Å². The number of halogens is 4. The fourth-order valence-electron chi connectivity index (χ4n) is 15.1. The fourth-order valence-corrected chi connectivity index (χ4v) is 15.4. The van der Waals surface area contributed by atoms with Crippen LogP contribution in [0.2, 0.25) is 5.02 Å². The number of hydrogen-bond acceptors (Lipinski definition) is 13. The van der Waals surface area contributed by atoms with E-state index in [2.05, 4.69) is 16.0 Å². The molecule has 546 valence electrons. The minimum atomic E-state index is -4.76. The quantitative estimate of drug-likeness (QED) is 0.296. The molecule has 25 nitrogen and oxygen atoms in total. The van der Waals surface area contributed by atoms with Gasteiger partial charge in [-0.05, 0) is 99.7 Å². The van der Waals surface area contributed by atoms with E-state index < -0.39 is 173 Å². The van der Waals surface area contributed by atoms with Crippen LogP contribution in [0.25, 0.3) is 0 Å². The van der Waals surface area contributed by atoms with Crippen LogP contribution in [0.15, 0.2) is 18.2 Å². The summed E-state index contributed by atoms with van der Waals surface area (Å²) in [6, 6.07) is -5.62. The van der Waals surface area contributed by atoms with E-state index in [0.717, 1.165) is 71.8 Å². The first kappa shape index (κ1) is 78.2. The molecule has 29 heteroatoms. The van der Waals surface area contributed by atoms with Crippen LogP contribution in [0, 0.1) is 17.8 Å². The molecular weight excluding hydrogens is 1300 g/mol. The van der Waals surface area contributed by atoms with Crippen molar-refractivity contribution >= 4 is 82.5 Å². The summed E-state index contributed by atoms with van der Waals surface area (Å²) in [5.74, 6) is -8.78. The summed E-state index contributed by atoms with van der Waals surface area (Å²) in [6.07, 6.45) is 3.62. The summed E-state index contributed by atoms with van der Waals surface area (Å²) in [4.78, 5) is 189. The van der Waals surface area contributed by atoms with Gasteiger partial charge in [-0.2, -0.15) is 13.2 Å². The van der Waals surface area contributed by atoms with Gasteiger partial charge < -0.3 is 64.8 Å². The summed E-state index contributed by atoms with van der Waals surface area (Å²) < 4.78 is 47.1. The smallest absolute Gasteiger partial charge is 0.378 e. The summed E-state index contributed by atoms with van der Waals surface area (Å²) >= 11 is 6.15. The highest BCUT2D eigenvalue weighted by Gasteiger charge is 2.51.